The van der Waals surface area contributed by atoms with Crippen LogP contribution in [-0.4, -0.2) is 35.9 Å². The summed E-state index contributed by atoms with van der Waals surface area (Å²) < 4.78 is 17.8. The molecule has 4 rings (SSSR count). The molecule has 1 saturated carbocycles. The highest BCUT2D eigenvalue weighted by molar-refractivity contribution is 5.78. The number of carbonyl (C=O) groups excluding carboxylic acids is 1. The van der Waals surface area contributed by atoms with E-state index in [-0.39, 0.29) is 12.2 Å². The number of pyridine rings is 1. The molecule has 1 saturated heterocycles. The standard InChI is InChI=1S/C21H23NO4/c1-21(2)25-18-10-15(11-19(18)26-21)13-24-20-8-4-7-17(22-20)16-6-3-5-14(9-16)12-23/h3-9,12,15,18-19H,10-11,13H2,1-2H3/t15?,18-,19+. The zero-order valence-electron chi connectivity index (χ0n) is 15.1. The van der Waals surface area contributed by atoms with Gasteiger partial charge in [-0.1, -0.05) is 24.3 Å². The van der Waals surface area contributed by atoms with Crippen LogP contribution in [0.3, 0.4) is 0 Å². The number of hydrogen-bond acceptors (Lipinski definition) is 5. The SMILES string of the molecule is CC1(C)O[C@H]2CC(COc3cccc(-c4cccc(C=O)c4)n3)C[C@H]2O1. The maximum absolute atomic E-state index is 11.0. The van der Waals surface area contributed by atoms with Crippen molar-refractivity contribution in [3.8, 4) is 17.1 Å². The lowest BCUT2D eigenvalue weighted by Gasteiger charge is -2.20. The van der Waals surface area contributed by atoms with Gasteiger partial charge in [0.25, 0.3) is 0 Å². The van der Waals surface area contributed by atoms with Crippen LogP contribution in [0.5, 0.6) is 5.88 Å². The fourth-order valence-corrected chi connectivity index (χ4v) is 3.83. The molecule has 1 aliphatic carbocycles. The van der Waals surface area contributed by atoms with E-state index in [2.05, 4.69) is 4.98 Å². The van der Waals surface area contributed by atoms with Crippen LogP contribution >= 0.6 is 0 Å². The maximum atomic E-state index is 11.0. The van der Waals surface area contributed by atoms with Gasteiger partial charge in [0, 0.05) is 17.2 Å². The summed E-state index contributed by atoms with van der Waals surface area (Å²) in [6.07, 6.45) is 3.09. The van der Waals surface area contributed by atoms with E-state index in [0.29, 0.717) is 24.0 Å². The van der Waals surface area contributed by atoms with Crippen molar-refractivity contribution < 1.29 is 19.0 Å². The van der Waals surface area contributed by atoms with Crippen molar-refractivity contribution in [2.24, 2.45) is 5.92 Å². The van der Waals surface area contributed by atoms with Crippen LogP contribution in [-0.2, 0) is 9.47 Å². The zero-order valence-corrected chi connectivity index (χ0v) is 15.1. The number of aromatic nitrogens is 1. The van der Waals surface area contributed by atoms with Gasteiger partial charge in [0.1, 0.15) is 6.29 Å². The number of rotatable bonds is 5. The number of fused-ring (bicyclic) bond motifs is 1. The Morgan fingerprint density at radius 3 is 2.62 bits per heavy atom. The minimum absolute atomic E-state index is 0.170. The molecule has 2 fully saturated rings. The van der Waals surface area contributed by atoms with Gasteiger partial charge in [0.2, 0.25) is 5.88 Å². The Balaban J connectivity index is 1.38. The fraction of sp³-hybridized carbons (Fsp3) is 0.429. The number of nitrogens with zero attached hydrogens (tertiary/aromatic N) is 1. The molecule has 5 heteroatoms. The average Bonchev–Trinajstić information content (AvgIpc) is 3.13. The summed E-state index contributed by atoms with van der Waals surface area (Å²) in [4.78, 5) is 15.5. The van der Waals surface area contributed by atoms with Crippen molar-refractivity contribution >= 4 is 6.29 Å². The van der Waals surface area contributed by atoms with Crippen LogP contribution in [0.15, 0.2) is 42.5 Å². The number of carbonyl (C=O) groups is 1. The van der Waals surface area contributed by atoms with E-state index in [1.165, 1.54) is 0 Å². The predicted molar refractivity (Wildman–Crippen MR) is 97.1 cm³/mol. The molecule has 26 heavy (non-hydrogen) atoms. The molecule has 2 aromatic rings. The van der Waals surface area contributed by atoms with Crippen LogP contribution in [0.25, 0.3) is 11.3 Å². The topological polar surface area (TPSA) is 57.7 Å². The van der Waals surface area contributed by atoms with Crippen molar-refractivity contribution in [1.29, 1.82) is 0 Å². The first kappa shape index (κ1) is 17.2. The first-order chi connectivity index (χ1) is 12.5. The fourth-order valence-electron chi connectivity index (χ4n) is 3.83. The van der Waals surface area contributed by atoms with Crippen molar-refractivity contribution in [2.75, 3.05) is 6.61 Å². The summed E-state index contributed by atoms with van der Waals surface area (Å²) in [5.74, 6) is 0.538. The third kappa shape index (κ3) is 3.64. The smallest absolute Gasteiger partial charge is 0.213 e. The minimum Gasteiger partial charge on any atom is -0.477 e. The van der Waals surface area contributed by atoms with Gasteiger partial charge in [-0.15, -0.1) is 0 Å². The quantitative estimate of drug-likeness (QED) is 0.764. The molecule has 0 N–H and O–H groups in total. The molecule has 0 bridgehead atoms. The van der Waals surface area contributed by atoms with E-state index in [9.17, 15) is 4.79 Å². The summed E-state index contributed by atoms with van der Waals surface area (Å²) in [6.45, 7) is 4.53. The molecule has 1 aliphatic heterocycles. The van der Waals surface area contributed by atoms with Gasteiger partial charge in [0.15, 0.2) is 5.79 Å². The lowest BCUT2D eigenvalue weighted by molar-refractivity contribution is -0.154. The van der Waals surface area contributed by atoms with Crippen molar-refractivity contribution in [2.45, 2.75) is 44.7 Å². The van der Waals surface area contributed by atoms with Crippen LogP contribution in [0.2, 0.25) is 0 Å². The van der Waals surface area contributed by atoms with E-state index in [0.717, 1.165) is 30.4 Å². The first-order valence-corrected chi connectivity index (χ1v) is 9.03. The van der Waals surface area contributed by atoms with Crippen molar-refractivity contribution in [1.82, 2.24) is 4.98 Å². The molecule has 5 nitrogen and oxygen atoms in total. The second-order valence-corrected chi connectivity index (χ2v) is 7.47. The Kier molecular flexibility index (Phi) is 4.51. The molecule has 2 aliphatic rings. The molecule has 0 radical (unpaired) electrons. The Hall–Kier alpha value is -2.24. The number of benzene rings is 1. The Morgan fingerprint density at radius 2 is 1.88 bits per heavy atom. The third-order valence-electron chi connectivity index (χ3n) is 4.93. The molecule has 1 aromatic heterocycles. The summed E-state index contributed by atoms with van der Waals surface area (Å²) in [7, 11) is 0. The van der Waals surface area contributed by atoms with Crippen LogP contribution in [0.4, 0.5) is 0 Å². The maximum Gasteiger partial charge on any atom is 0.213 e. The van der Waals surface area contributed by atoms with Crippen LogP contribution in [0, 0.1) is 5.92 Å². The van der Waals surface area contributed by atoms with Crippen molar-refractivity contribution in [3.05, 3.63) is 48.0 Å². The second kappa shape index (κ2) is 6.82. The first-order valence-electron chi connectivity index (χ1n) is 9.03. The second-order valence-electron chi connectivity index (χ2n) is 7.47. The van der Waals surface area contributed by atoms with Gasteiger partial charge in [-0.2, -0.15) is 0 Å². The molecule has 0 spiro atoms. The Bertz CT molecular complexity index is 788. The highest BCUT2D eigenvalue weighted by Crippen LogP contribution is 2.40. The summed E-state index contributed by atoms with van der Waals surface area (Å²) in [5.41, 5.74) is 2.33. The van der Waals surface area contributed by atoms with E-state index in [1.807, 2.05) is 50.2 Å². The van der Waals surface area contributed by atoms with Crippen molar-refractivity contribution in [3.63, 3.8) is 0 Å². The molecule has 0 amide bonds. The number of ether oxygens (including phenoxy) is 3. The van der Waals surface area contributed by atoms with Gasteiger partial charge in [-0.3, -0.25) is 4.79 Å². The normalized spacial score (nSPS) is 26.5. The third-order valence-corrected chi connectivity index (χ3v) is 4.93. The molecular weight excluding hydrogens is 330 g/mol. The van der Waals surface area contributed by atoms with E-state index in [4.69, 9.17) is 14.2 Å². The zero-order chi connectivity index (χ0) is 18.1. The molecule has 2 heterocycles. The molecule has 1 unspecified atom stereocenters. The summed E-state index contributed by atoms with van der Waals surface area (Å²) in [6, 6.07) is 13.1. The van der Waals surface area contributed by atoms with E-state index in [1.54, 1.807) is 6.07 Å². The van der Waals surface area contributed by atoms with E-state index < -0.39 is 5.79 Å². The van der Waals surface area contributed by atoms with Gasteiger partial charge in [-0.25, -0.2) is 4.98 Å². The Labute approximate surface area is 153 Å². The lowest BCUT2D eigenvalue weighted by Crippen LogP contribution is -2.24. The molecular formula is C21H23NO4. The number of hydrogen-bond donors (Lipinski definition) is 0. The predicted octanol–water partition coefficient (Wildman–Crippen LogP) is 3.87. The van der Waals surface area contributed by atoms with Gasteiger partial charge in [0.05, 0.1) is 24.5 Å². The largest absolute Gasteiger partial charge is 0.477 e. The van der Waals surface area contributed by atoms with Gasteiger partial charge in [-0.05, 0) is 44.7 Å². The summed E-state index contributed by atoms with van der Waals surface area (Å²) in [5, 5.41) is 0. The minimum atomic E-state index is -0.465. The van der Waals surface area contributed by atoms with Crippen LogP contribution < -0.4 is 4.74 Å². The monoisotopic (exact) mass is 353 g/mol. The summed E-state index contributed by atoms with van der Waals surface area (Å²) >= 11 is 0. The highest BCUT2D eigenvalue weighted by Gasteiger charge is 2.47. The highest BCUT2D eigenvalue weighted by atomic mass is 16.8. The average molecular weight is 353 g/mol. The van der Waals surface area contributed by atoms with Crippen LogP contribution in [0.1, 0.15) is 37.0 Å². The lowest BCUT2D eigenvalue weighted by atomic mass is 10.1. The van der Waals surface area contributed by atoms with E-state index >= 15 is 0 Å². The molecule has 1 aromatic carbocycles. The Morgan fingerprint density at radius 1 is 1.15 bits per heavy atom. The molecule has 3 atom stereocenters. The molecule has 136 valence electrons. The van der Waals surface area contributed by atoms with Gasteiger partial charge >= 0.3 is 0 Å². The van der Waals surface area contributed by atoms with Gasteiger partial charge < -0.3 is 14.2 Å². The number of aldehydes is 1.